The number of carbonyl (C=O) groups is 2. The predicted octanol–water partition coefficient (Wildman–Crippen LogP) is 4.91. The van der Waals surface area contributed by atoms with Crippen LogP contribution in [0.15, 0.2) is 23.8 Å². The molecule has 3 fully saturated rings. The van der Waals surface area contributed by atoms with Gasteiger partial charge in [-0.05, 0) is 68.4 Å². The van der Waals surface area contributed by atoms with Crippen molar-refractivity contribution in [2.45, 2.75) is 70.3 Å². The minimum atomic E-state index is -1.03. The fourth-order valence-electron chi connectivity index (χ4n) is 5.42. The lowest BCUT2D eigenvalue weighted by Crippen LogP contribution is -2.40. The van der Waals surface area contributed by atoms with Crippen molar-refractivity contribution >= 4 is 11.9 Å². The summed E-state index contributed by atoms with van der Waals surface area (Å²) in [6, 6.07) is 2.12. The van der Waals surface area contributed by atoms with E-state index >= 15 is 4.39 Å². The van der Waals surface area contributed by atoms with Gasteiger partial charge in [0.05, 0.1) is 12.2 Å². The first-order valence-corrected chi connectivity index (χ1v) is 11.5. The largest absolute Gasteiger partial charge is 0.493 e. The molecule has 1 aromatic rings. The Balaban J connectivity index is 1.39. The molecule has 1 N–H and O–H groups in total. The minimum Gasteiger partial charge on any atom is -0.493 e. The van der Waals surface area contributed by atoms with Crippen LogP contribution in [0.5, 0.6) is 5.75 Å². The number of rotatable bonds is 6. The fourth-order valence-corrected chi connectivity index (χ4v) is 5.42. The van der Waals surface area contributed by atoms with Gasteiger partial charge in [0.25, 0.3) is 5.91 Å². The third kappa shape index (κ3) is 3.85. The number of fused-ring (bicyclic) bond motifs is 1. The van der Waals surface area contributed by atoms with Gasteiger partial charge >= 0.3 is 5.97 Å². The standard InChI is InChI=1S/C25H30FNO4/c1-25(8-7-16-10-17(16)13-25)14-31-22-12-20(26)19(11-18(22)15-4-2-5-15)23(28)27-9-3-6-21(27)24(29)30/h7,11-12,15,17,21H,2-6,8-10,13-14H2,1H3,(H,29,30)/t17?,21-,25?/m0/s1. The number of likely N-dealkylation sites (tertiary alicyclic amines) is 1. The Morgan fingerprint density at radius 2 is 2.03 bits per heavy atom. The Bertz CT molecular complexity index is 953. The molecule has 6 heteroatoms. The molecule has 0 radical (unpaired) electrons. The number of nitrogens with zero attached hydrogens (tertiary/aromatic N) is 1. The SMILES string of the molecule is CC1(COc2cc(F)c(C(=O)N3CCC[C@H]3C(=O)O)cc2C2CCC2)CC=C2CC2C1. The summed E-state index contributed by atoms with van der Waals surface area (Å²) in [5.74, 6) is -0.670. The second-order valence-electron chi connectivity index (χ2n) is 10.2. The Labute approximate surface area is 182 Å². The number of carbonyl (C=O) groups excluding carboxylic acids is 1. The van der Waals surface area contributed by atoms with Crippen LogP contribution in [0.3, 0.4) is 0 Å². The summed E-state index contributed by atoms with van der Waals surface area (Å²) in [4.78, 5) is 25.8. The normalized spacial score (nSPS) is 29.7. The fraction of sp³-hybridized carbons (Fsp3) is 0.600. The number of aliphatic carboxylic acids is 1. The molecule has 1 amide bonds. The van der Waals surface area contributed by atoms with Gasteiger partial charge < -0.3 is 14.7 Å². The number of carboxylic acid groups (broad SMARTS) is 1. The zero-order chi connectivity index (χ0) is 21.8. The van der Waals surface area contributed by atoms with Crippen molar-refractivity contribution < 1.29 is 23.8 Å². The Hall–Kier alpha value is -2.37. The van der Waals surface area contributed by atoms with Crippen LogP contribution in [-0.4, -0.2) is 41.1 Å². The molecule has 0 bridgehead atoms. The van der Waals surface area contributed by atoms with Gasteiger partial charge in [-0.3, -0.25) is 4.79 Å². The van der Waals surface area contributed by atoms with E-state index in [0.29, 0.717) is 37.7 Å². The molecule has 1 aromatic carbocycles. The summed E-state index contributed by atoms with van der Waals surface area (Å²) < 4.78 is 21.3. The number of amides is 1. The molecule has 2 unspecified atom stereocenters. The van der Waals surface area contributed by atoms with Gasteiger partial charge in [0.15, 0.2) is 0 Å². The number of carboxylic acids is 1. The number of hydrogen-bond acceptors (Lipinski definition) is 3. The highest BCUT2D eigenvalue weighted by molar-refractivity contribution is 5.97. The topological polar surface area (TPSA) is 66.8 Å². The average Bonchev–Trinajstić information content (AvgIpc) is 3.26. The number of benzene rings is 1. The molecule has 0 aromatic heterocycles. The molecule has 1 heterocycles. The predicted molar refractivity (Wildman–Crippen MR) is 114 cm³/mol. The summed E-state index contributed by atoms with van der Waals surface area (Å²) in [7, 11) is 0. The maximum atomic E-state index is 15.1. The molecule has 1 saturated heterocycles. The van der Waals surface area contributed by atoms with Crippen LogP contribution in [0.25, 0.3) is 0 Å². The average molecular weight is 428 g/mol. The van der Waals surface area contributed by atoms with Gasteiger partial charge in [-0.25, -0.2) is 9.18 Å². The van der Waals surface area contributed by atoms with E-state index in [-0.39, 0.29) is 16.9 Å². The molecule has 5 nitrogen and oxygen atoms in total. The molecule has 4 aliphatic rings. The van der Waals surface area contributed by atoms with Crippen LogP contribution in [0, 0.1) is 17.2 Å². The minimum absolute atomic E-state index is 0.0307. The molecule has 5 rings (SSSR count). The molecule has 166 valence electrons. The highest BCUT2D eigenvalue weighted by atomic mass is 19.1. The molecular formula is C25H30FNO4. The van der Waals surface area contributed by atoms with Crippen molar-refractivity contribution in [2.75, 3.05) is 13.2 Å². The summed E-state index contributed by atoms with van der Waals surface area (Å²) in [6.45, 7) is 3.11. The summed E-state index contributed by atoms with van der Waals surface area (Å²) in [5.41, 5.74) is 2.49. The van der Waals surface area contributed by atoms with Gasteiger partial charge in [-0.15, -0.1) is 0 Å². The molecule has 1 aliphatic heterocycles. The van der Waals surface area contributed by atoms with Crippen LogP contribution in [0.1, 0.15) is 80.1 Å². The van der Waals surface area contributed by atoms with Crippen molar-refractivity contribution in [1.29, 1.82) is 0 Å². The lowest BCUT2D eigenvalue weighted by atomic mass is 9.78. The van der Waals surface area contributed by atoms with Gasteiger partial charge in [0.2, 0.25) is 0 Å². The van der Waals surface area contributed by atoms with Crippen LogP contribution < -0.4 is 4.74 Å². The van der Waals surface area contributed by atoms with Crippen LogP contribution in [0.4, 0.5) is 4.39 Å². The van der Waals surface area contributed by atoms with E-state index in [2.05, 4.69) is 13.0 Å². The van der Waals surface area contributed by atoms with Crippen molar-refractivity contribution in [2.24, 2.45) is 11.3 Å². The number of ether oxygens (including phenoxy) is 1. The van der Waals surface area contributed by atoms with E-state index in [1.807, 2.05) is 0 Å². The van der Waals surface area contributed by atoms with E-state index < -0.39 is 23.7 Å². The second kappa shape index (κ2) is 7.64. The number of hydrogen-bond donors (Lipinski definition) is 1. The quantitative estimate of drug-likeness (QED) is 0.655. The monoisotopic (exact) mass is 427 g/mol. The molecule has 3 aliphatic carbocycles. The highest BCUT2D eigenvalue weighted by Gasteiger charge is 2.42. The lowest BCUT2D eigenvalue weighted by molar-refractivity contribution is -0.141. The van der Waals surface area contributed by atoms with Gasteiger partial charge in [-0.2, -0.15) is 0 Å². The summed E-state index contributed by atoms with van der Waals surface area (Å²) in [6.07, 6.45) is 9.80. The molecule has 2 saturated carbocycles. The molecule has 31 heavy (non-hydrogen) atoms. The molecule has 0 spiro atoms. The van der Waals surface area contributed by atoms with E-state index in [4.69, 9.17) is 4.74 Å². The maximum absolute atomic E-state index is 15.1. The van der Waals surface area contributed by atoms with Crippen molar-refractivity contribution in [1.82, 2.24) is 4.90 Å². The first kappa shape index (κ1) is 20.5. The zero-order valence-corrected chi connectivity index (χ0v) is 18.0. The summed E-state index contributed by atoms with van der Waals surface area (Å²) in [5, 5.41) is 9.41. The Kier molecular flexibility index (Phi) is 5.06. The van der Waals surface area contributed by atoms with E-state index in [9.17, 15) is 14.7 Å². The first-order chi connectivity index (χ1) is 14.8. The Morgan fingerprint density at radius 3 is 2.71 bits per heavy atom. The third-order valence-electron chi connectivity index (χ3n) is 7.69. The van der Waals surface area contributed by atoms with Gasteiger partial charge in [0, 0.05) is 18.0 Å². The second-order valence-corrected chi connectivity index (χ2v) is 10.2. The van der Waals surface area contributed by atoms with Gasteiger partial charge in [-0.1, -0.05) is 25.0 Å². The van der Waals surface area contributed by atoms with Crippen LogP contribution in [0.2, 0.25) is 0 Å². The first-order valence-electron chi connectivity index (χ1n) is 11.5. The van der Waals surface area contributed by atoms with Crippen LogP contribution >= 0.6 is 0 Å². The van der Waals surface area contributed by atoms with E-state index in [0.717, 1.165) is 37.7 Å². The number of halogens is 1. The van der Waals surface area contributed by atoms with E-state index in [1.54, 1.807) is 11.6 Å². The van der Waals surface area contributed by atoms with Crippen LogP contribution in [-0.2, 0) is 4.79 Å². The molecule has 3 atom stereocenters. The smallest absolute Gasteiger partial charge is 0.326 e. The van der Waals surface area contributed by atoms with Gasteiger partial charge in [0.1, 0.15) is 17.6 Å². The maximum Gasteiger partial charge on any atom is 0.326 e. The zero-order valence-electron chi connectivity index (χ0n) is 18.0. The van der Waals surface area contributed by atoms with Crippen molar-refractivity contribution in [3.8, 4) is 5.75 Å². The third-order valence-corrected chi connectivity index (χ3v) is 7.69. The van der Waals surface area contributed by atoms with Crippen molar-refractivity contribution in [3.63, 3.8) is 0 Å². The summed E-state index contributed by atoms with van der Waals surface area (Å²) >= 11 is 0. The van der Waals surface area contributed by atoms with E-state index in [1.165, 1.54) is 17.4 Å². The number of allylic oxidation sites excluding steroid dienone is 2. The van der Waals surface area contributed by atoms with Crippen molar-refractivity contribution in [3.05, 3.63) is 40.7 Å². The Morgan fingerprint density at radius 1 is 1.23 bits per heavy atom. The lowest BCUT2D eigenvalue weighted by Gasteiger charge is -2.33. The molecular weight excluding hydrogens is 397 g/mol. The highest BCUT2D eigenvalue weighted by Crippen LogP contribution is 2.52.